The van der Waals surface area contributed by atoms with Gasteiger partial charge in [0.25, 0.3) is 0 Å². The number of rotatable bonds is 2. The highest BCUT2D eigenvalue weighted by Gasteiger charge is 2.14. The second kappa shape index (κ2) is 5.72. The molecule has 0 amide bonds. The fourth-order valence-corrected chi connectivity index (χ4v) is 4.53. The van der Waals surface area contributed by atoms with Crippen molar-refractivity contribution in [1.29, 1.82) is 0 Å². The van der Waals surface area contributed by atoms with Gasteiger partial charge in [-0.25, -0.2) is 0 Å². The minimum Gasteiger partial charge on any atom is -0.320 e. The van der Waals surface area contributed by atoms with Gasteiger partial charge in [0.1, 0.15) is 4.34 Å². The van der Waals surface area contributed by atoms with E-state index in [2.05, 4.69) is 47.8 Å². The van der Waals surface area contributed by atoms with E-state index in [1.54, 1.807) is 0 Å². The molecule has 1 aromatic heterocycles. The third-order valence-electron chi connectivity index (χ3n) is 2.21. The molecule has 1 heterocycles. The van der Waals surface area contributed by atoms with Gasteiger partial charge in [0.2, 0.25) is 0 Å². The summed E-state index contributed by atoms with van der Waals surface area (Å²) in [6, 6.07) is 7.80. The minimum absolute atomic E-state index is 0.169. The average molecular weight is 460 g/mol. The first-order valence-electron chi connectivity index (χ1n) is 4.63. The molecule has 0 saturated heterocycles. The summed E-state index contributed by atoms with van der Waals surface area (Å²) in [4.78, 5) is 1.03. The Morgan fingerprint density at radius 3 is 2.12 bits per heavy atom. The van der Waals surface area contributed by atoms with Crippen LogP contribution in [0.15, 0.2) is 37.7 Å². The van der Waals surface area contributed by atoms with Gasteiger partial charge in [-0.2, -0.15) is 0 Å². The second-order valence-electron chi connectivity index (χ2n) is 3.45. The molecule has 1 aromatic carbocycles. The fraction of sp³-hybridized carbons (Fsp3) is 0.0909. The highest BCUT2D eigenvalue weighted by molar-refractivity contribution is 9.11. The molecule has 0 aliphatic heterocycles. The number of hydrogen-bond acceptors (Lipinski definition) is 2. The van der Waals surface area contributed by atoms with Crippen LogP contribution in [-0.4, -0.2) is 0 Å². The van der Waals surface area contributed by atoms with Crippen molar-refractivity contribution >= 4 is 70.7 Å². The number of halogens is 4. The molecule has 0 aliphatic carbocycles. The van der Waals surface area contributed by atoms with Gasteiger partial charge in [0.15, 0.2) is 0 Å². The Morgan fingerprint density at radius 1 is 1.06 bits per heavy atom. The topological polar surface area (TPSA) is 26.0 Å². The monoisotopic (exact) mass is 457 g/mol. The van der Waals surface area contributed by atoms with Crippen molar-refractivity contribution in [3.63, 3.8) is 0 Å². The van der Waals surface area contributed by atoms with Crippen molar-refractivity contribution in [2.75, 3.05) is 0 Å². The maximum Gasteiger partial charge on any atom is 0.107 e. The Hall–Kier alpha value is 0.610. The van der Waals surface area contributed by atoms with Crippen LogP contribution in [0.3, 0.4) is 0 Å². The number of thiophene rings is 1. The van der Waals surface area contributed by atoms with E-state index in [1.165, 1.54) is 11.3 Å². The molecule has 1 atom stereocenters. The zero-order chi connectivity index (χ0) is 12.6. The average Bonchev–Trinajstić information content (AvgIpc) is 2.57. The maximum atomic E-state index is 6.23. The molecule has 1 nitrogen and oxygen atoms in total. The Labute approximate surface area is 134 Å². The molecule has 1 unspecified atom stereocenters. The first-order chi connectivity index (χ1) is 7.97. The van der Waals surface area contributed by atoms with Crippen LogP contribution in [0.4, 0.5) is 0 Å². The summed E-state index contributed by atoms with van der Waals surface area (Å²) in [6.07, 6.45) is 0. The first-order valence-corrected chi connectivity index (χ1v) is 8.21. The van der Waals surface area contributed by atoms with Crippen LogP contribution < -0.4 is 5.73 Å². The summed E-state index contributed by atoms with van der Waals surface area (Å²) in [5, 5.41) is 0. The quantitative estimate of drug-likeness (QED) is 0.608. The van der Waals surface area contributed by atoms with Crippen LogP contribution in [0.1, 0.15) is 16.5 Å². The highest BCUT2D eigenvalue weighted by atomic mass is 79.9. The van der Waals surface area contributed by atoms with Gasteiger partial charge in [0.05, 0.1) is 6.04 Å². The molecule has 0 radical (unpaired) electrons. The molecule has 0 aliphatic rings. The van der Waals surface area contributed by atoms with E-state index < -0.39 is 0 Å². The Bertz CT molecular complexity index is 516. The zero-order valence-corrected chi connectivity index (χ0v) is 14.7. The van der Waals surface area contributed by atoms with Crippen molar-refractivity contribution in [2.45, 2.75) is 6.04 Å². The van der Waals surface area contributed by atoms with Gasteiger partial charge in [-0.15, -0.1) is 11.3 Å². The van der Waals surface area contributed by atoms with Crippen LogP contribution in [0.5, 0.6) is 0 Å². The van der Waals surface area contributed by atoms with Crippen molar-refractivity contribution in [2.24, 2.45) is 5.73 Å². The summed E-state index contributed by atoms with van der Waals surface area (Å²) in [5.74, 6) is 0. The molecular weight excluding hydrogens is 453 g/mol. The van der Waals surface area contributed by atoms with E-state index in [0.29, 0.717) is 0 Å². The van der Waals surface area contributed by atoms with Crippen LogP contribution in [0, 0.1) is 0 Å². The zero-order valence-electron chi connectivity index (χ0n) is 8.38. The van der Waals surface area contributed by atoms with Crippen molar-refractivity contribution in [1.82, 2.24) is 0 Å². The first kappa shape index (κ1) is 14.0. The van der Waals surface area contributed by atoms with E-state index >= 15 is 0 Å². The lowest BCUT2D eigenvalue weighted by Crippen LogP contribution is -2.10. The van der Waals surface area contributed by atoms with Crippen LogP contribution in [0.25, 0.3) is 0 Å². The molecule has 2 aromatic rings. The van der Waals surface area contributed by atoms with Crippen LogP contribution in [0.2, 0.25) is 4.34 Å². The van der Waals surface area contributed by atoms with Gasteiger partial charge in [-0.05, 0) is 45.8 Å². The predicted octanol–water partition coefficient (Wildman–Crippen LogP) is 5.74. The summed E-state index contributed by atoms with van der Waals surface area (Å²) < 4.78 is 3.62. The van der Waals surface area contributed by atoms with Gasteiger partial charge >= 0.3 is 0 Å². The third-order valence-corrected chi connectivity index (χ3v) is 5.69. The standard InChI is InChI=1S/C11H7Br3ClNS/c12-6-1-5(2-7(13)3-6)10(16)9-4-8(14)11(15)17-9/h1-4,10H,16H2. The van der Waals surface area contributed by atoms with Gasteiger partial charge in [-0.1, -0.05) is 43.5 Å². The lowest BCUT2D eigenvalue weighted by Gasteiger charge is -2.11. The molecule has 0 spiro atoms. The summed E-state index contributed by atoms with van der Waals surface area (Å²) in [7, 11) is 0. The van der Waals surface area contributed by atoms with Gasteiger partial charge in [0, 0.05) is 18.3 Å². The smallest absolute Gasteiger partial charge is 0.107 e. The molecule has 17 heavy (non-hydrogen) atoms. The molecule has 6 heteroatoms. The number of benzene rings is 1. The summed E-state index contributed by atoms with van der Waals surface area (Å²) >= 11 is 17.8. The van der Waals surface area contributed by atoms with Crippen LogP contribution in [-0.2, 0) is 0 Å². The Morgan fingerprint density at radius 2 is 1.65 bits per heavy atom. The Balaban J connectivity index is 2.39. The van der Waals surface area contributed by atoms with Crippen LogP contribution >= 0.6 is 70.7 Å². The largest absolute Gasteiger partial charge is 0.320 e. The van der Waals surface area contributed by atoms with Crippen molar-refractivity contribution in [3.8, 4) is 0 Å². The predicted molar refractivity (Wildman–Crippen MR) is 84.9 cm³/mol. The SMILES string of the molecule is NC(c1cc(Br)cc(Br)c1)c1cc(Br)c(Cl)s1. The second-order valence-corrected chi connectivity index (χ2v) is 7.82. The van der Waals surface area contributed by atoms with Crippen molar-refractivity contribution < 1.29 is 0 Å². The summed E-state index contributed by atoms with van der Waals surface area (Å²) in [5.41, 5.74) is 7.26. The van der Waals surface area contributed by atoms with Gasteiger partial charge < -0.3 is 5.73 Å². The molecule has 0 fully saturated rings. The molecular formula is C11H7Br3ClNS. The highest BCUT2D eigenvalue weighted by Crippen LogP contribution is 2.37. The normalized spacial score (nSPS) is 12.8. The third kappa shape index (κ3) is 3.33. The van der Waals surface area contributed by atoms with E-state index in [1.807, 2.05) is 24.3 Å². The molecule has 0 bridgehead atoms. The fourth-order valence-electron chi connectivity index (χ4n) is 1.44. The molecule has 90 valence electrons. The lowest BCUT2D eigenvalue weighted by atomic mass is 10.1. The number of hydrogen-bond donors (Lipinski definition) is 1. The maximum absolute atomic E-state index is 6.23. The number of nitrogens with two attached hydrogens (primary N) is 1. The van der Waals surface area contributed by atoms with E-state index in [0.717, 1.165) is 28.2 Å². The van der Waals surface area contributed by atoms with Gasteiger partial charge in [-0.3, -0.25) is 0 Å². The summed E-state index contributed by atoms with van der Waals surface area (Å²) in [6.45, 7) is 0. The van der Waals surface area contributed by atoms with E-state index in [9.17, 15) is 0 Å². The molecule has 2 rings (SSSR count). The van der Waals surface area contributed by atoms with Crippen molar-refractivity contribution in [3.05, 3.63) is 52.5 Å². The van der Waals surface area contributed by atoms with E-state index in [-0.39, 0.29) is 6.04 Å². The minimum atomic E-state index is -0.169. The lowest BCUT2D eigenvalue weighted by molar-refractivity contribution is 0.891. The Kier molecular flexibility index (Phi) is 4.72. The molecule has 0 saturated carbocycles. The molecule has 2 N–H and O–H groups in total. The van der Waals surface area contributed by atoms with E-state index in [4.69, 9.17) is 17.3 Å².